The number of para-hydroxylation sites is 1. The number of hydrogen-bond donors (Lipinski definition) is 2. The largest absolute Gasteiger partial charge is 0.493 e. The minimum absolute atomic E-state index is 0.113. The van der Waals surface area contributed by atoms with Crippen molar-refractivity contribution >= 4 is 11.3 Å². The van der Waals surface area contributed by atoms with Crippen molar-refractivity contribution in [3.05, 3.63) is 58.6 Å². The zero-order chi connectivity index (χ0) is 25.5. The Kier molecular flexibility index (Phi) is 8.67. The number of aliphatic hydroxyl groups is 1. The van der Waals surface area contributed by atoms with Crippen LogP contribution in [-0.2, 0) is 11.7 Å². The molecule has 0 aliphatic rings. The molecule has 0 saturated heterocycles. The van der Waals surface area contributed by atoms with Gasteiger partial charge in [-0.25, -0.2) is 0 Å². The van der Waals surface area contributed by atoms with Gasteiger partial charge in [0.25, 0.3) is 0 Å². The SMILES string of the molecule is C[C@](N)(CO)c1nnc(-c2ccc(OCCCCCOc3ccccc3C#N)c(C(F)(F)F)c2)s1. The van der Waals surface area contributed by atoms with Crippen molar-refractivity contribution < 1.29 is 27.8 Å². The predicted octanol–water partition coefficient (Wildman–Crippen LogP) is 4.89. The molecule has 0 spiro atoms. The topological polar surface area (TPSA) is 114 Å². The predicted molar refractivity (Wildman–Crippen MR) is 125 cm³/mol. The summed E-state index contributed by atoms with van der Waals surface area (Å²) in [5.41, 5.74) is 4.59. The van der Waals surface area contributed by atoms with Crippen LogP contribution in [0.3, 0.4) is 0 Å². The molecule has 3 N–H and O–H groups in total. The lowest BCUT2D eigenvalue weighted by Gasteiger charge is -2.17. The number of hydrogen-bond acceptors (Lipinski definition) is 8. The van der Waals surface area contributed by atoms with E-state index in [2.05, 4.69) is 16.3 Å². The van der Waals surface area contributed by atoms with Crippen molar-refractivity contribution in [2.75, 3.05) is 19.8 Å². The molecule has 0 aliphatic heterocycles. The number of aromatic nitrogens is 2. The summed E-state index contributed by atoms with van der Waals surface area (Å²) in [6.07, 6.45) is -2.72. The van der Waals surface area contributed by atoms with Crippen LogP contribution in [0, 0.1) is 11.3 Å². The molecule has 0 amide bonds. The van der Waals surface area contributed by atoms with E-state index >= 15 is 0 Å². The number of nitrogens with two attached hydrogens (primary N) is 1. The second-order valence-corrected chi connectivity index (χ2v) is 9.04. The molecule has 1 atom stereocenters. The molecule has 1 aromatic heterocycles. The van der Waals surface area contributed by atoms with E-state index in [4.69, 9.17) is 20.5 Å². The summed E-state index contributed by atoms with van der Waals surface area (Å²) in [5, 5.41) is 26.9. The Morgan fingerprint density at radius 1 is 1.03 bits per heavy atom. The van der Waals surface area contributed by atoms with Crippen LogP contribution in [0.5, 0.6) is 11.5 Å². The second-order valence-electron chi connectivity index (χ2n) is 8.06. The second kappa shape index (κ2) is 11.5. The fourth-order valence-electron chi connectivity index (χ4n) is 3.08. The van der Waals surface area contributed by atoms with Crippen molar-refractivity contribution in [3.8, 4) is 28.1 Å². The van der Waals surface area contributed by atoms with Crippen molar-refractivity contribution in [1.29, 1.82) is 5.26 Å². The molecule has 0 saturated carbocycles. The summed E-state index contributed by atoms with van der Waals surface area (Å²) in [6, 6.07) is 12.7. The summed E-state index contributed by atoms with van der Waals surface area (Å²) < 4.78 is 52.1. The number of nitrogens with zero attached hydrogens (tertiary/aromatic N) is 3. The number of benzene rings is 2. The Morgan fingerprint density at radius 3 is 2.37 bits per heavy atom. The number of unbranched alkanes of at least 4 members (excludes halogenated alkanes) is 2. The highest BCUT2D eigenvalue weighted by atomic mass is 32.1. The minimum Gasteiger partial charge on any atom is -0.493 e. The maximum Gasteiger partial charge on any atom is 0.419 e. The third-order valence-electron chi connectivity index (χ3n) is 5.09. The molecule has 0 unspecified atom stereocenters. The molecule has 7 nitrogen and oxygen atoms in total. The Morgan fingerprint density at radius 2 is 1.71 bits per heavy atom. The average Bonchev–Trinajstić information content (AvgIpc) is 3.34. The van der Waals surface area contributed by atoms with E-state index in [1.165, 1.54) is 12.1 Å². The Bertz CT molecular complexity index is 1180. The summed E-state index contributed by atoms with van der Waals surface area (Å²) >= 11 is 1.03. The van der Waals surface area contributed by atoms with E-state index in [1.807, 2.05) is 0 Å². The molecule has 2 aromatic carbocycles. The summed E-state index contributed by atoms with van der Waals surface area (Å²) in [6.45, 7) is 1.69. The first-order chi connectivity index (χ1) is 16.7. The monoisotopic (exact) mass is 506 g/mol. The van der Waals surface area contributed by atoms with E-state index in [-0.39, 0.29) is 29.5 Å². The standard InChI is InChI=1S/C24H25F3N4O3S/c1-23(29,15-32)22-31-30-21(35-22)16-9-10-20(18(13-16)24(25,26)27)34-12-6-2-5-11-33-19-8-4-3-7-17(19)14-28/h3-4,7-10,13,32H,2,5-6,11-12,15,29H2,1H3/t23-/m0/s1. The maximum atomic E-state index is 13.7. The zero-order valence-corrected chi connectivity index (χ0v) is 19.8. The van der Waals surface area contributed by atoms with Gasteiger partial charge in [-0.1, -0.05) is 23.5 Å². The van der Waals surface area contributed by atoms with Crippen LogP contribution in [0.1, 0.15) is 42.3 Å². The molecule has 0 radical (unpaired) electrons. The summed E-state index contributed by atoms with van der Waals surface area (Å²) in [7, 11) is 0. The molecular weight excluding hydrogens is 481 g/mol. The lowest BCUT2D eigenvalue weighted by atomic mass is 10.1. The Balaban J connectivity index is 1.56. The van der Waals surface area contributed by atoms with Gasteiger partial charge in [0.15, 0.2) is 0 Å². The van der Waals surface area contributed by atoms with Gasteiger partial charge in [0.05, 0.1) is 36.5 Å². The summed E-state index contributed by atoms with van der Waals surface area (Å²) in [4.78, 5) is 0. The molecule has 0 bridgehead atoms. The van der Waals surface area contributed by atoms with Gasteiger partial charge in [0.1, 0.15) is 27.6 Å². The average molecular weight is 507 g/mol. The van der Waals surface area contributed by atoms with E-state index in [1.54, 1.807) is 31.2 Å². The zero-order valence-electron chi connectivity index (χ0n) is 19.0. The Hall–Kier alpha value is -3.20. The van der Waals surface area contributed by atoms with E-state index < -0.39 is 17.3 Å². The third-order valence-corrected chi connectivity index (χ3v) is 6.34. The molecule has 3 rings (SSSR count). The van der Waals surface area contributed by atoms with Gasteiger partial charge in [0, 0.05) is 5.56 Å². The molecule has 0 aliphatic carbocycles. The van der Waals surface area contributed by atoms with Crippen molar-refractivity contribution in [1.82, 2.24) is 10.2 Å². The lowest BCUT2D eigenvalue weighted by Crippen LogP contribution is -2.36. The van der Waals surface area contributed by atoms with Gasteiger partial charge >= 0.3 is 6.18 Å². The number of aliphatic hydroxyl groups excluding tert-OH is 1. The number of ether oxygens (including phenoxy) is 2. The minimum atomic E-state index is -4.62. The van der Waals surface area contributed by atoms with Crippen LogP contribution in [0.4, 0.5) is 13.2 Å². The van der Waals surface area contributed by atoms with Crippen LogP contribution >= 0.6 is 11.3 Å². The van der Waals surface area contributed by atoms with Crippen LogP contribution in [0.2, 0.25) is 0 Å². The van der Waals surface area contributed by atoms with Gasteiger partial charge in [0.2, 0.25) is 0 Å². The smallest absolute Gasteiger partial charge is 0.419 e. The molecular formula is C24H25F3N4O3S. The summed E-state index contributed by atoms with van der Waals surface area (Å²) in [5.74, 6) is 0.250. The van der Waals surface area contributed by atoms with Crippen LogP contribution in [0.15, 0.2) is 42.5 Å². The van der Waals surface area contributed by atoms with Gasteiger partial charge < -0.3 is 20.3 Å². The highest BCUT2D eigenvalue weighted by Gasteiger charge is 2.35. The molecule has 1 heterocycles. The van der Waals surface area contributed by atoms with E-state index in [0.29, 0.717) is 42.2 Å². The highest BCUT2D eigenvalue weighted by Crippen LogP contribution is 2.40. The number of alkyl halides is 3. The van der Waals surface area contributed by atoms with Crippen molar-refractivity contribution in [2.24, 2.45) is 5.73 Å². The maximum absolute atomic E-state index is 13.7. The number of nitriles is 1. The number of halogens is 3. The molecule has 0 fully saturated rings. The van der Waals surface area contributed by atoms with Crippen LogP contribution in [-0.4, -0.2) is 35.1 Å². The Labute approximate surface area is 204 Å². The van der Waals surface area contributed by atoms with E-state index in [9.17, 15) is 18.3 Å². The van der Waals surface area contributed by atoms with E-state index in [0.717, 1.165) is 17.4 Å². The first-order valence-corrected chi connectivity index (χ1v) is 11.7. The first-order valence-electron chi connectivity index (χ1n) is 10.9. The van der Waals surface area contributed by atoms with Crippen molar-refractivity contribution in [3.63, 3.8) is 0 Å². The fourth-order valence-corrected chi connectivity index (χ4v) is 3.97. The molecule has 186 valence electrons. The lowest BCUT2D eigenvalue weighted by molar-refractivity contribution is -0.138. The van der Waals surface area contributed by atoms with Gasteiger partial charge in [-0.15, -0.1) is 10.2 Å². The third kappa shape index (κ3) is 6.91. The van der Waals surface area contributed by atoms with Gasteiger partial charge in [-0.05, 0) is 56.5 Å². The van der Waals surface area contributed by atoms with Crippen LogP contribution < -0.4 is 15.2 Å². The van der Waals surface area contributed by atoms with Crippen LogP contribution in [0.25, 0.3) is 10.6 Å². The molecule has 3 aromatic rings. The van der Waals surface area contributed by atoms with Gasteiger partial charge in [-0.2, -0.15) is 18.4 Å². The first kappa shape index (κ1) is 26.4. The normalized spacial score (nSPS) is 13.2. The van der Waals surface area contributed by atoms with Crippen molar-refractivity contribution in [2.45, 2.75) is 37.9 Å². The molecule has 11 heteroatoms. The fraction of sp³-hybridized carbons (Fsp3) is 0.375. The molecule has 35 heavy (non-hydrogen) atoms. The highest BCUT2D eigenvalue weighted by molar-refractivity contribution is 7.14. The number of rotatable bonds is 11. The quantitative estimate of drug-likeness (QED) is 0.356. The van der Waals surface area contributed by atoms with Gasteiger partial charge in [-0.3, -0.25) is 0 Å².